The monoisotopic (exact) mass is 1050 g/mol. The molecule has 2 fully saturated rings. The molecule has 4 heterocycles. The average molecular weight is 1060 g/mol. The zero-order chi connectivity index (χ0) is 52.9. The summed E-state index contributed by atoms with van der Waals surface area (Å²) in [5.74, 6) is -0.450. The SMILES string of the molecule is Cc1ncsc1-c1ccc(CNC(=O)C2CC(O)CN2C(=O)C(NC(=O)CCCCCCCCNC(=O)CCNCC(C(=O)N2CCN(c3ncnc4c3C(C)CC4O)CC2)c2ccc(Cl)cc2)C(C)(C)C)cc1. The van der Waals surface area contributed by atoms with Crippen LogP contribution in [-0.2, 0) is 30.5 Å². The molecule has 17 nitrogen and oxygen atoms in total. The molecule has 3 aliphatic rings. The maximum absolute atomic E-state index is 14.0. The summed E-state index contributed by atoms with van der Waals surface area (Å²) in [5, 5.41) is 33.9. The number of thiazole rings is 1. The number of amides is 5. The van der Waals surface area contributed by atoms with Gasteiger partial charge in [-0.15, -0.1) is 11.3 Å². The summed E-state index contributed by atoms with van der Waals surface area (Å²) in [4.78, 5) is 87.4. The van der Waals surface area contributed by atoms with Gasteiger partial charge in [0.1, 0.15) is 24.2 Å². The Bertz CT molecular complexity index is 2530. The number of hydrogen-bond acceptors (Lipinski definition) is 13. The molecule has 400 valence electrons. The molecule has 2 aliphatic heterocycles. The number of anilines is 1. The summed E-state index contributed by atoms with van der Waals surface area (Å²) in [6.45, 7) is 13.6. The molecule has 0 spiro atoms. The minimum atomic E-state index is -0.877. The lowest BCUT2D eigenvalue weighted by atomic mass is 9.85. The quantitative estimate of drug-likeness (QED) is 0.0460. The molecule has 0 saturated carbocycles. The van der Waals surface area contributed by atoms with E-state index in [0.717, 1.165) is 70.7 Å². The predicted molar refractivity (Wildman–Crippen MR) is 287 cm³/mol. The molecule has 19 heteroatoms. The molecule has 0 bridgehead atoms. The van der Waals surface area contributed by atoms with Crippen LogP contribution in [0.25, 0.3) is 10.4 Å². The first-order valence-electron chi connectivity index (χ1n) is 26.3. The van der Waals surface area contributed by atoms with Crippen LogP contribution in [-0.4, -0.2) is 135 Å². The van der Waals surface area contributed by atoms with Gasteiger partial charge in [-0.25, -0.2) is 15.0 Å². The zero-order valence-electron chi connectivity index (χ0n) is 43.6. The van der Waals surface area contributed by atoms with Crippen LogP contribution in [0.1, 0.15) is 138 Å². The van der Waals surface area contributed by atoms with Gasteiger partial charge >= 0.3 is 0 Å². The maximum Gasteiger partial charge on any atom is 0.246 e. The lowest BCUT2D eigenvalue weighted by Gasteiger charge is -2.38. The highest BCUT2D eigenvalue weighted by Gasteiger charge is 2.44. The number of nitrogens with zero attached hydrogens (tertiary/aromatic N) is 6. The van der Waals surface area contributed by atoms with Gasteiger partial charge in [-0.2, -0.15) is 0 Å². The standard InChI is InChI=1S/C55H75ClN10O7S/c1-35-28-44(68)48-47(35)51(61-33-60-48)64-24-26-65(27-25-64)53(72)42(38-17-19-40(56)20-18-38)31-57-23-21-45(69)58-22-11-9-7-6-8-10-12-46(70)63-50(55(3,4)5)54(73)66-32-41(67)29-43(66)52(71)59-30-37-13-15-39(16-14-37)49-36(2)62-34-74-49/h13-20,33-35,41-44,50,57,67-68H,6-12,21-32H2,1-5H3,(H,58,69)(H,59,71)(H,63,70). The van der Waals surface area contributed by atoms with Gasteiger partial charge in [0.15, 0.2) is 0 Å². The molecule has 6 atom stereocenters. The fourth-order valence-corrected chi connectivity index (χ4v) is 11.2. The lowest BCUT2D eigenvalue weighted by molar-refractivity contribution is -0.144. The van der Waals surface area contributed by atoms with Crippen LogP contribution in [0.15, 0.2) is 60.4 Å². The van der Waals surface area contributed by atoms with E-state index in [1.54, 1.807) is 23.5 Å². The summed E-state index contributed by atoms with van der Waals surface area (Å²) >= 11 is 7.78. The van der Waals surface area contributed by atoms with Gasteiger partial charge in [0.2, 0.25) is 29.5 Å². The van der Waals surface area contributed by atoms with E-state index in [1.807, 2.05) is 74.5 Å². The number of aliphatic hydroxyl groups excluding tert-OH is 2. The van der Waals surface area contributed by atoms with Crippen LogP contribution in [0.2, 0.25) is 5.02 Å². The third-order valence-electron chi connectivity index (χ3n) is 14.5. The summed E-state index contributed by atoms with van der Waals surface area (Å²) in [6.07, 6.45) is 6.55. The van der Waals surface area contributed by atoms with Gasteiger partial charge in [-0.1, -0.05) is 101 Å². The van der Waals surface area contributed by atoms with E-state index in [0.29, 0.717) is 69.4 Å². The van der Waals surface area contributed by atoms with Crippen molar-refractivity contribution in [3.8, 4) is 10.4 Å². The van der Waals surface area contributed by atoms with E-state index in [-0.39, 0.29) is 67.8 Å². The molecule has 0 radical (unpaired) electrons. The van der Waals surface area contributed by atoms with Crippen LogP contribution in [0, 0.1) is 12.3 Å². The fourth-order valence-electron chi connectivity index (χ4n) is 10.3. The van der Waals surface area contributed by atoms with Crippen molar-refractivity contribution in [3.63, 3.8) is 0 Å². The number of nitrogens with one attached hydrogen (secondary N) is 4. The van der Waals surface area contributed by atoms with E-state index in [2.05, 4.69) is 48.0 Å². The van der Waals surface area contributed by atoms with Gasteiger partial charge in [-0.05, 0) is 66.3 Å². The van der Waals surface area contributed by atoms with Crippen molar-refractivity contribution in [1.29, 1.82) is 0 Å². The topological polar surface area (TPSA) is 222 Å². The highest BCUT2D eigenvalue weighted by Crippen LogP contribution is 2.43. The van der Waals surface area contributed by atoms with Crippen molar-refractivity contribution in [2.24, 2.45) is 5.41 Å². The van der Waals surface area contributed by atoms with Crippen molar-refractivity contribution >= 4 is 58.3 Å². The van der Waals surface area contributed by atoms with Crippen LogP contribution >= 0.6 is 22.9 Å². The average Bonchev–Trinajstić information content (AvgIpc) is 4.09. The van der Waals surface area contributed by atoms with E-state index in [1.165, 1.54) is 11.2 Å². The number of aryl methyl sites for hydroxylation is 1. The van der Waals surface area contributed by atoms with Gasteiger partial charge in [0.25, 0.3) is 0 Å². The number of likely N-dealkylation sites (tertiary alicyclic amines) is 1. The number of unbranched alkanes of at least 4 members (excludes halogenated alkanes) is 5. The number of fused-ring (bicyclic) bond motifs is 1. The van der Waals surface area contributed by atoms with Crippen LogP contribution in [0.3, 0.4) is 0 Å². The van der Waals surface area contributed by atoms with Crippen LogP contribution in [0.5, 0.6) is 0 Å². The molecule has 6 N–H and O–H groups in total. The molecular weight excluding hydrogens is 980 g/mol. The third-order valence-corrected chi connectivity index (χ3v) is 15.7. The first-order chi connectivity index (χ1) is 35.5. The van der Waals surface area contributed by atoms with Gasteiger partial charge in [0, 0.05) is 88.8 Å². The molecule has 2 aromatic heterocycles. The normalized spacial score (nSPS) is 19.5. The number of carbonyl (C=O) groups is 5. The Balaban J connectivity index is 0.759. The minimum Gasteiger partial charge on any atom is -0.391 e. The van der Waals surface area contributed by atoms with Crippen molar-refractivity contribution in [1.82, 2.24) is 46.0 Å². The number of β-amino-alcohol motifs (C(OH)–C–C–N with tert-alkyl or cyclic N) is 1. The number of piperazine rings is 1. The molecule has 6 unspecified atom stereocenters. The van der Waals surface area contributed by atoms with Gasteiger partial charge < -0.3 is 46.2 Å². The Morgan fingerprint density at radius 2 is 1.51 bits per heavy atom. The Morgan fingerprint density at radius 1 is 0.811 bits per heavy atom. The number of rotatable bonds is 23. The van der Waals surface area contributed by atoms with E-state index in [9.17, 15) is 34.2 Å². The number of halogens is 1. The van der Waals surface area contributed by atoms with Crippen LogP contribution in [0.4, 0.5) is 5.82 Å². The summed E-state index contributed by atoms with van der Waals surface area (Å²) in [5.41, 5.74) is 6.66. The molecule has 2 saturated heterocycles. The van der Waals surface area contributed by atoms with E-state index >= 15 is 0 Å². The molecule has 1 aliphatic carbocycles. The first kappa shape index (κ1) is 56.2. The van der Waals surface area contributed by atoms with E-state index in [4.69, 9.17) is 11.6 Å². The second kappa shape index (κ2) is 26.3. The Labute approximate surface area is 444 Å². The largest absolute Gasteiger partial charge is 0.391 e. The number of carbonyl (C=O) groups excluding carboxylic acids is 5. The summed E-state index contributed by atoms with van der Waals surface area (Å²) in [7, 11) is 0. The minimum absolute atomic E-state index is 0.0135. The number of hydrogen-bond donors (Lipinski definition) is 6. The predicted octanol–water partition coefficient (Wildman–Crippen LogP) is 6.17. The zero-order valence-corrected chi connectivity index (χ0v) is 45.2. The molecular formula is C55H75ClN10O7S. The summed E-state index contributed by atoms with van der Waals surface area (Å²) < 4.78 is 0. The molecule has 7 rings (SSSR count). The second-order valence-corrected chi connectivity index (χ2v) is 22.5. The first-order valence-corrected chi connectivity index (χ1v) is 27.6. The van der Waals surface area contributed by atoms with Crippen molar-refractivity contribution < 1.29 is 34.2 Å². The van der Waals surface area contributed by atoms with Crippen LogP contribution < -0.4 is 26.2 Å². The number of aliphatic hydroxyl groups is 2. The maximum atomic E-state index is 14.0. The molecule has 5 amide bonds. The smallest absolute Gasteiger partial charge is 0.246 e. The van der Waals surface area contributed by atoms with Gasteiger partial charge in [-0.3, -0.25) is 24.0 Å². The summed E-state index contributed by atoms with van der Waals surface area (Å²) in [6, 6.07) is 13.5. The second-order valence-electron chi connectivity index (χ2n) is 21.2. The Hall–Kier alpha value is -5.53. The fraction of sp³-hybridized carbons (Fsp3) is 0.564. The molecule has 2 aromatic carbocycles. The molecule has 74 heavy (non-hydrogen) atoms. The Kier molecular flexibility index (Phi) is 20.0. The van der Waals surface area contributed by atoms with Crippen molar-refractivity contribution in [2.75, 3.05) is 57.3 Å². The van der Waals surface area contributed by atoms with Gasteiger partial charge in [0.05, 0.1) is 39.9 Å². The highest BCUT2D eigenvalue weighted by atomic mass is 35.5. The third kappa shape index (κ3) is 14.9. The Morgan fingerprint density at radius 3 is 2.20 bits per heavy atom. The number of aromatic nitrogens is 3. The molecule has 4 aromatic rings. The lowest BCUT2D eigenvalue weighted by Crippen LogP contribution is -2.57. The number of benzene rings is 2. The van der Waals surface area contributed by atoms with E-state index < -0.39 is 35.6 Å². The highest BCUT2D eigenvalue weighted by molar-refractivity contribution is 7.13. The van der Waals surface area contributed by atoms with Crippen molar-refractivity contribution in [3.05, 3.63) is 93.5 Å². The van der Waals surface area contributed by atoms with Crippen molar-refractivity contribution in [2.45, 2.75) is 141 Å².